The van der Waals surface area contributed by atoms with Crippen molar-refractivity contribution in [1.29, 1.82) is 0 Å². The highest BCUT2D eigenvalue weighted by Crippen LogP contribution is 2.13. The summed E-state index contributed by atoms with van der Waals surface area (Å²) in [5, 5.41) is 0.934. The van der Waals surface area contributed by atoms with Crippen LogP contribution in [0.2, 0.25) is 0 Å². The van der Waals surface area contributed by atoms with Gasteiger partial charge in [0, 0.05) is 17.7 Å². The molecule has 74 valence electrons. The largest absolute Gasteiger partial charge is 0.366 e. The Morgan fingerprint density at radius 3 is 3.07 bits per heavy atom. The fourth-order valence-electron chi connectivity index (χ4n) is 1.29. The second kappa shape index (κ2) is 3.88. The van der Waals surface area contributed by atoms with Gasteiger partial charge in [0.1, 0.15) is 6.33 Å². The first kappa shape index (κ1) is 9.33. The molecule has 1 amide bonds. The van der Waals surface area contributed by atoms with Crippen molar-refractivity contribution in [2.45, 2.75) is 0 Å². The number of amides is 1. The van der Waals surface area contributed by atoms with E-state index in [1.54, 1.807) is 12.3 Å². The Balaban J connectivity index is 2.43. The fraction of sp³-hybridized carbons (Fsp3) is 0. The topological polar surface area (TPSA) is 68.9 Å². The van der Waals surface area contributed by atoms with E-state index in [9.17, 15) is 4.79 Å². The van der Waals surface area contributed by atoms with E-state index in [1.165, 1.54) is 12.4 Å². The van der Waals surface area contributed by atoms with Gasteiger partial charge in [0.15, 0.2) is 0 Å². The summed E-state index contributed by atoms with van der Waals surface area (Å²) in [7, 11) is 0. The Morgan fingerprint density at radius 2 is 2.27 bits per heavy atom. The number of benzene rings is 1. The minimum atomic E-state index is -0.459. The van der Waals surface area contributed by atoms with Crippen molar-refractivity contribution in [3.8, 4) is 0 Å². The molecule has 0 aliphatic heterocycles. The summed E-state index contributed by atoms with van der Waals surface area (Å²) < 4.78 is 0. The van der Waals surface area contributed by atoms with Crippen molar-refractivity contribution in [1.82, 2.24) is 9.97 Å². The van der Waals surface area contributed by atoms with E-state index in [0.29, 0.717) is 0 Å². The normalized spacial score (nSPS) is 10.9. The van der Waals surface area contributed by atoms with Gasteiger partial charge in [-0.15, -0.1) is 0 Å². The van der Waals surface area contributed by atoms with Crippen LogP contribution in [-0.2, 0) is 4.79 Å². The predicted octanol–water partition coefficient (Wildman–Crippen LogP) is 1.13. The predicted molar refractivity (Wildman–Crippen MR) is 57.8 cm³/mol. The molecule has 1 aromatic carbocycles. The molecule has 0 fully saturated rings. The summed E-state index contributed by atoms with van der Waals surface area (Å²) in [5.41, 5.74) is 6.78. The number of rotatable bonds is 2. The lowest BCUT2D eigenvalue weighted by atomic mass is 10.1. The van der Waals surface area contributed by atoms with Crippen LogP contribution in [0, 0.1) is 0 Å². The molecule has 0 atom stereocenters. The average molecular weight is 199 g/mol. The maximum absolute atomic E-state index is 10.5. The van der Waals surface area contributed by atoms with Crippen molar-refractivity contribution >= 4 is 22.9 Å². The molecule has 0 radical (unpaired) electrons. The first-order valence-corrected chi connectivity index (χ1v) is 4.43. The molecule has 0 unspecified atom stereocenters. The van der Waals surface area contributed by atoms with Gasteiger partial charge in [-0.25, -0.2) is 9.97 Å². The summed E-state index contributed by atoms with van der Waals surface area (Å²) >= 11 is 0. The third kappa shape index (κ3) is 2.17. The molecular formula is C11H9N3O. The van der Waals surface area contributed by atoms with E-state index in [0.717, 1.165) is 16.5 Å². The summed E-state index contributed by atoms with van der Waals surface area (Å²) in [6, 6.07) is 5.64. The second-order valence-electron chi connectivity index (χ2n) is 3.08. The third-order valence-electron chi connectivity index (χ3n) is 1.97. The Bertz CT molecular complexity index is 534. The van der Waals surface area contributed by atoms with Crippen molar-refractivity contribution in [2.75, 3.05) is 0 Å². The Morgan fingerprint density at radius 1 is 1.40 bits per heavy atom. The lowest BCUT2D eigenvalue weighted by Crippen LogP contribution is -2.05. The van der Waals surface area contributed by atoms with E-state index in [1.807, 2.05) is 18.2 Å². The first-order valence-electron chi connectivity index (χ1n) is 4.43. The molecule has 0 saturated carbocycles. The van der Waals surface area contributed by atoms with Crippen LogP contribution in [0.4, 0.5) is 0 Å². The monoisotopic (exact) mass is 199 g/mol. The molecule has 0 saturated heterocycles. The molecule has 15 heavy (non-hydrogen) atoms. The third-order valence-corrected chi connectivity index (χ3v) is 1.97. The Labute approximate surface area is 86.5 Å². The van der Waals surface area contributed by atoms with Crippen LogP contribution in [-0.4, -0.2) is 15.9 Å². The quantitative estimate of drug-likeness (QED) is 0.737. The smallest absolute Gasteiger partial charge is 0.241 e. The van der Waals surface area contributed by atoms with Gasteiger partial charge in [0.05, 0.1) is 5.52 Å². The van der Waals surface area contributed by atoms with Crippen LogP contribution in [0.3, 0.4) is 0 Å². The number of carbonyl (C=O) groups is 1. The number of primary amides is 1. The Hall–Kier alpha value is -2.23. The fourth-order valence-corrected chi connectivity index (χ4v) is 1.29. The molecule has 4 nitrogen and oxygen atoms in total. The van der Waals surface area contributed by atoms with Crippen LogP contribution in [0.25, 0.3) is 17.0 Å². The standard InChI is InChI=1S/C11H9N3O/c12-11(15)4-2-8-1-3-10-9(5-8)6-13-7-14-10/h1-7H,(H2,12,15). The molecule has 1 aromatic heterocycles. The van der Waals surface area contributed by atoms with Gasteiger partial charge in [0.2, 0.25) is 5.91 Å². The summed E-state index contributed by atoms with van der Waals surface area (Å²) in [5.74, 6) is -0.459. The molecule has 0 spiro atoms. The zero-order valence-electron chi connectivity index (χ0n) is 7.92. The maximum Gasteiger partial charge on any atom is 0.241 e. The van der Waals surface area contributed by atoms with Crippen LogP contribution in [0.5, 0.6) is 0 Å². The van der Waals surface area contributed by atoms with Gasteiger partial charge >= 0.3 is 0 Å². The molecule has 2 rings (SSSR count). The number of aromatic nitrogens is 2. The van der Waals surface area contributed by atoms with E-state index < -0.39 is 5.91 Å². The van der Waals surface area contributed by atoms with Gasteiger partial charge in [-0.2, -0.15) is 0 Å². The molecule has 0 aliphatic carbocycles. The number of hydrogen-bond acceptors (Lipinski definition) is 3. The number of hydrogen-bond donors (Lipinski definition) is 1. The zero-order chi connectivity index (χ0) is 10.7. The summed E-state index contributed by atoms with van der Waals surface area (Å²) in [6.45, 7) is 0. The SMILES string of the molecule is NC(=O)C=Cc1ccc2ncncc2c1. The van der Waals surface area contributed by atoms with Crippen LogP contribution < -0.4 is 5.73 Å². The van der Waals surface area contributed by atoms with Crippen LogP contribution in [0.15, 0.2) is 36.8 Å². The van der Waals surface area contributed by atoms with Crippen molar-refractivity contribution in [3.05, 3.63) is 42.4 Å². The lowest BCUT2D eigenvalue weighted by molar-refractivity contribution is -0.113. The van der Waals surface area contributed by atoms with Gasteiger partial charge in [0.25, 0.3) is 0 Å². The summed E-state index contributed by atoms with van der Waals surface area (Å²) in [6.07, 6.45) is 6.21. The van der Waals surface area contributed by atoms with Gasteiger partial charge < -0.3 is 5.73 Å². The van der Waals surface area contributed by atoms with Crippen molar-refractivity contribution in [2.24, 2.45) is 5.73 Å². The molecule has 0 aliphatic rings. The summed E-state index contributed by atoms with van der Waals surface area (Å²) in [4.78, 5) is 18.6. The number of fused-ring (bicyclic) bond motifs is 1. The highest BCUT2D eigenvalue weighted by Gasteiger charge is 1.94. The minimum absolute atomic E-state index is 0.459. The van der Waals surface area contributed by atoms with Crippen LogP contribution in [0.1, 0.15) is 5.56 Å². The van der Waals surface area contributed by atoms with Gasteiger partial charge in [-0.1, -0.05) is 6.07 Å². The van der Waals surface area contributed by atoms with E-state index in [4.69, 9.17) is 5.73 Å². The Kier molecular flexibility index (Phi) is 2.41. The van der Waals surface area contributed by atoms with E-state index >= 15 is 0 Å². The highest BCUT2D eigenvalue weighted by atomic mass is 16.1. The molecule has 1 heterocycles. The van der Waals surface area contributed by atoms with Crippen LogP contribution >= 0.6 is 0 Å². The van der Waals surface area contributed by atoms with Crippen molar-refractivity contribution in [3.63, 3.8) is 0 Å². The number of nitrogens with zero attached hydrogens (tertiary/aromatic N) is 2. The van der Waals surface area contributed by atoms with Gasteiger partial charge in [-0.3, -0.25) is 4.79 Å². The van der Waals surface area contributed by atoms with E-state index in [-0.39, 0.29) is 0 Å². The van der Waals surface area contributed by atoms with Gasteiger partial charge in [-0.05, 0) is 23.8 Å². The molecule has 2 aromatic rings. The average Bonchev–Trinajstić information content (AvgIpc) is 2.26. The van der Waals surface area contributed by atoms with E-state index in [2.05, 4.69) is 9.97 Å². The molecule has 2 N–H and O–H groups in total. The second-order valence-corrected chi connectivity index (χ2v) is 3.08. The molecule has 4 heteroatoms. The maximum atomic E-state index is 10.5. The highest BCUT2D eigenvalue weighted by molar-refractivity contribution is 5.91. The number of nitrogens with two attached hydrogens (primary N) is 1. The zero-order valence-corrected chi connectivity index (χ0v) is 7.92. The molecule has 0 bridgehead atoms. The lowest BCUT2D eigenvalue weighted by Gasteiger charge is -1.97. The minimum Gasteiger partial charge on any atom is -0.366 e. The number of carbonyl (C=O) groups excluding carboxylic acids is 1. The molecular weight excluding hydrogens is 190 g/mol. The van der Waals surface area contributed by atoms with Crippen molar-refractivity contribution < 1.29 is 4.79 Å². The first-order chi connectivity index (χ1) is 7.25.